The first-order valence-corrected chi connectivity index (χ1v) is 16.8. The van der Waals surface area contributed by atoms with E-state index in [-0.39, 0.29) is 26.1 Å². The first kappa shape index (κ1) is 39.1. The summed E-state index contributed by atoms with van der Waals surface area (Å²) in [5.41, 5.74) is -0.537. The lowest BCUT2D eigenvalue weighted by atomic mass is 9.82. The van der Waals surface area contributed by atoms with Crippen LogP contribution in [0.5, 0.6) is 0 Å². The average molecular weight is 717 g/mol. The van der Waals surface area contributed by atoms with Crippen molar-refractivity contribution >= 4 is 35.9 Å². The molecule has 0 radical (unpaired) electrons. The van der Waals surface area contributed by atoms with Crippen LogP contribution in [0, 0.1) is 5.92 Å². The molecule has 276 valence electrons. The first-order chi connectivity index (χ1) is 24.8. The van der Waals surface area contributed by atoms with E-state index in [1.807, 2.05) is 0 Å². The Morgan fingerprint density at radius 3 is 1.88 bits per heavy atom. The Morgan fingerprint density at radius 2 is 1.35 bits per heavy atom. The van der Waals surface area contributed by atoms with E-state index < -0.39 is 78.5 Å². The number of alkyl carbamates (subject to hydrolysis) is 1. The van der Waals surface area contributed by atoms with Gasteiger partial charge in [-0.1, -0.05) is 91.0 Å². The van der Waals surface area contributed by atoms with Gasteiger partial charge in [-0.25, -0.2) is 19.2 Å². The Morgan fingerprint density at radius 1 is 0.808 bits per heavy atom. The number of ketones is 1. The molecule has 3 aromatic carbocycles. The number of nitrogens with one attached hydrogen (secondary N) is 1. The number of ether oxygens (including phenoxy) is 5. The molecule has 2 amide bonds. The fourth-order valence-electron chi connectivity index (χ4n) is 5.65. The van der Waals surface area contributed by atoms with Gasteiger partial charge >= 0.3 is 30.1 Å². The third kappa shape index (κ3) is 10.9. The molecule has 4 rings (SSSR count). The van der Waals surface area contributed by atoms with Crippen LogP contribution in [0.15, 0.2) is 91.0 Å². The van der Waals surface area contributed by atoms with E-state index in [1.165, 1.54) is 0 Å². The third-order valence-corrected chi connectivity index (χ3v) is 8.32. The van der Waals surface area contributed by atoms with Crippen LogP contribution in [0.1, 0.15) is 56.7 Å². The quantitative estimate of drug-likeness (QED) is 0.124. The Kier molecular flexibility index (Phi) is 13.5. The molecule has 0 bridgehead atoms. The molecule has 1 N–H and O–H groups in total. The van der Waals surface area contributed by atoms with Gasteiger partial charge in [0.1, 0.15) is 36.6 Å². The highest BCUT2D eigenvalue weighted by Crippen LogP contribution is 2.35. The highest BCUT2D eigenvalue weighted by Gasteiger charge is 2.54. The number of methoxy groups -OCH3 is 1. The minimum atomic E-state index is -1.67. The van der Waals surface area contributed by atoms with Crippen LogP contribution >= 0.6 is 0 Å². The van der Waals surface area contributed by atoms with Crippen molar-refractivity contribution in [3.63, 3.8) is 0 Å². The van der Waals surface area contributed by atoms with Crippen molar-refractivity contribution in [1.29, 1.82) is 0 Å². The van der Waals surface area contributed by atoms with E-state index in [0.29, 0.717) is 16.7 Å². The molecule has 1 saturated heterocycles. The van der Waals surface area contributed by atoms with Crippen LogP contribution in [0.25, 0.3) is 0 Å². The van der Waals surface area contributed by atoms with Crippen LogP contribution in [0.2, 0.25) is 0 Å². The zero-order chi connectivity index (χ0) is 37.7. The summed E-state index contributed by atoms with van der Waals surface area (Å²) < 4.78 is 26.7. The number of hydrogen-bond acceptors (Lipinski definition) is 11. The van der Waals surface area contributed by atoms with Gasteiger partial charge in [-0.3, -0.25) is 14.5 Å². The maximum Gasteiger partial charge on any atom is 0.413 e. The molecule has 1 fully saturated rings. The van der Waals surface area contributed by atoms with Crippen LogP contribution in [-0.4, -0.2) is 71.8 Å². The number of amides is 2. The summed E-state index contributed by atoms with van der Waals surface area (Å²) in [6.45, 7) is 4.37. The molecule has 13 heteroatoms. The molecular formula is C39H44N2O11. The maximum atomic E-state index is 14.1. The predicted octanol–water partition coefficient (Wildman–Crippen LogP) is 5.29. The highest BCUT2D eigenvalue weighted by atomic mass is 16.6. The molecule has 3 aromatic rings. The Labute approximate surface area is 302 Å². The number of hydrogen-bond donors (Lipinski definition) is 1. The number of Topliss-reactive ketones (excluding diaryl/α,β-unsaturated/α-hetero) is 1. The van der Waals surface area contributed by atoms with Crippen LogP contribution < -0.4 is 5.32 Å². The number of carbonyl (C=O) groups is 6. The molecule has 52 heavy (non-hydrogen) atoms. The number of rotatable bonds is 15. The summed E-state index contributed by atoms with van der Waals surface area (Å²) in [5.74, 6) is -4.93. The number of nitrogens with zero attached hydrogens (tertiary/aromatic N) is 1. The normalized spacial score (nSPS) is 16.5. The molecule has 2 unspecified atom stereocenters. The lowest BCUT2D eigenvalue weighted by molar-refractivity contribution is -0.154. The summed E-state index contributed by atoms with van der Waals surface area (Å²) in [6.07, 6.45) is -3.01. The number of carbonyl (C=O) groups excluding carboxylic acids is 6. The molecule has 0 saturated carbocycles. The van der Waals surface area contributed by atoms with Crippen molar-refractivity contribution in [3.8, 4) is 0 Å². The van der Waals surface area contributed by atoms with Gasteiger partial charge in [0.25, 0.3) is 0 Å². The fraction of sp³-hybridized carbons (Fsp3) is 0.385. The van der Waals surface area contributed by atoms with Crippen LogP contribution in [-0.2, 0) is 62.5 Å². The van der Waals surface area contributed by atoms with Crippen molar-refractivity contribution in [2.24, 2.45) is 5.92 Å². The zero-order valence-corrected chi connectivity index (χ0v) is 29.7. The van der Waals surface area contributed by atoms with Crippen molar-refractivity contribution < 1.29 is 52.5 Å². The van der Waals surface area contributed by atoms with Crippen molar-refractivity contribution in [3.05, 3.63) is 108 Å². The molecule has 1 heterocycles. The van der Waals surface area contributed by atoms with Crippen LogP contribution in [0.3, 0.4) is 0 Å². The molecule has 13 nitrogen and oxygen atoms in total. The summed E-state index contributed by atoms with van der Waals surface area (Å²) in [6, 6.07) is 25.0. The van der Waals surface area contributed by atoms with Gasteiger partial charge < -0.3 is 29.0 Å². The Hall–Kier alpha value is -5.72. The third-order valence-electron chi connectivity index (χ3n) is 8.32. The molecule has 1 aliphatic heterocycles. The molecule has 3 atom stereocenters. The smallest absolute Gasteiger partial charge is 0.413 e. The molecule has 0 aromatic heterocycles. The van der Waals surface area contributed by atoms with Gasteiger partial charge in [-0.2, -0.15) is 0 Å². The number of benzene rings is 3. The summed E-state index contributed by atoms with van der Waals surface area (Å²) in [5, 5.41) is 2.40. The molecule has 0 spiro atoms. The van der Waals surface area contributed by atoms with Crippen LogP contribution in [0.4, 0.5) is 9.59 Å². The molecule has 0 aliphatic carbocycles. The lowest BCUT2D eigenvalue weighted by Crippen LogP contribution is -2.54. The summed E-state index contributed by atoms with van der Waals surface area (Å²) in [7, 11) is 1.10. The molecule has 1 aliphatic rings. The maximum absolute atomic E-state index is 14.1. The van der Waals surface area contributed by atoms with E-state index in [9.17, 15) is 28.8 Å². The first-order valence-electron chi connectivity index (χ1n) is 16.8. The minimum absolute atomic E-state index is 0.0120. The highest BCUT2D eigenvalue weighted by molar-refractivity contribution is 6.00. The summed E-state index contributed by atoms with van der Waals surface area (Å²) >= 11 is 0. The second-order valence-corrected chi connectivity index (χ2v) is 13.3. The van der Waals surface area contributed by atoms with Crippen molar-refractivity contribution in [1.82, 2.24) is 10.2 Å². The van der Waals surface area contributed by atoms with E-state index in [2.05, 4.69) is 5.32 Å². The second kappa shape index (κ2) is 18.0. The van der Waals surface area contributed by atoms with E-state index in [1.54, 1.807) is 112 Å². The topological polar surface area (TPSA) is 164 Å². The lowest BCUT2D eigenvalue weighted by Gasteiger charge is -2.35. The van der Waals surface area contributed by atoms with Gasteiger partial charge in [-0.05, 0) is 50.3 Å². The van der Waals surface area contributed by atoms with Gasteiger partial charge in [0.05, 0.1) is 7.11 Å². The minimum Gasteiger partial charge on any atom is -0.467 e. The SMILES string of the molecule is COC(=O)[C@H](CC(C(=O)CCC1(Cc2ccccc2)C(=O)OCN1C(=O)OC(C)(C)C)C(=O)OCc1ccccc1)NC(=O)OCc1ccccc1. The monoisotopic (exact) mass is 716 g/mol. The van der Waals surface area contributed by atoms with Crippen molar-refractivity contribution in [2.75, 3.05) is 13.8 Å². The fourth-order valence-corrected chi connectivity index (χ4v) is 5.65. The van der Waals surface area contributed by atoms with Gasteiger partial charge in [0.15, 0.2) is 12.3 Å². The predicted molar refractivity (Wildman–Crippen MR) is 186 cm³/mol. The Balaban J connectivity index is 1.60. The number of cyclic esters (lactones) is 1. The molecular weight excluding hydrogens is 672 g/mol. The van der Waals surface area contributed by atoms with E-state index >= 15 is 0 Å². The second-order valence-electron chi connectivity index (χ2n) is 13.3. The summed E-state index contributed by atoms with van der Waals surface area (Å²) in [4.78, 5) is 81.6. The average Bonchev–Trinajstić information content (AvgIpc) is 3.45. The van der Waals surface area contributed by atoms with Crippen molar-refractivity contribution in [2.45, 2.75) is 76.9 Å². The van der Waals surface area contributed by atoms with Gasteiger partial charge in [0, 0.05) is 12.8 Å². The van der Waals surface area contributed by atoms with Gasteiger partial charge in [0.2, 0.25) is 0 Å². The van der Waals surface area contributed by atoms with Gasteiger partial charge in [-0.15, -0.1) is 0 Å². The largest absolute Gasteiger partial charge is 0.467 e. The zero-order valence-electron chi connectivity index (χ0n) is 29.7. The number of esters is 3. The van der Waals surface area contributed by atoms with E-state index in [4.69, 9.17) is 23.7 Å². The Bertz CT molecular complexity index is 1690. The standard InChI is InChI=1S/C39H44N2O11/c1-38(2,3)52-37(47)41-26-51-35(45)39(41,23-27-14-8-5-9-15-27)21-20-32(42)30(33(43)49-24-28-16-10-6-11-17-28)22-31(34(44)48-4)40-36(46)50-25-29-18-12-7-13-19-29/h5-19,30-31H,20-26H2,1-4H3,(H,40,46)/t30?,31-,39?/m0/s1. The van der Waals surface area contributed by atoms with E-state index in [0.717, 1.165) is 12.0 Å².